The van der Waals surface area contributed by atoms with Crippen LogP contribution in [0.15, 0.2) is 0 Å². The predicted octanol–water partition coefficient (Wildman–Crippen LogP) is 5.62. The lowest BCUT2D eigenvalue weighted by Crippen LogP contribution is -2.33. The van der Waals surface area contributed by atoms with Crippen LogP contribution in [0.3, 0.4) is 0 Å². The molecule has 1 heterocycles. The van der Waals surface area contributed by atoms with E-state index in [-0.39, 0.29) is 18.5 Å². The second kappa shape index (κ2) is 14.0. The molecule has 0 aromatic rings. The Hall–Kier alpha value is -1.10. The minimum absolute atomic E-state index is 0.0389. The standard InChI is InChI=1S/C23H44N2O3/c1-5-9-13-18-28-19-14-11-16-23(6-2,7-3)15-10-12-17-25-21(26)20-24(8-4)22(25)27/h5-20H2,1-4H3. The zero-order valence-electron chi connectivity index (χ0n) is 18.9. The van der Waals surface area contributed by atoms with E-state index < -0.39 is 0 Å². The Bertz CT molecular complexity index is 449. The van der Waals surface area contributed by atoms with Gasteiger partial charge in [0, 0.05) is 26.3 Å². The maximum absolute atomic E-state index is 12.2. The van der Waals surface area contributed by atoms with E-state index in [1.165, 1.54) is 56.3 Å². The highest BCUT2D eigenvalue weighted by molar-refractivity contribution is 6.01. The first-order valence-corrected chi connectivity index (χ1v) is 11.7. The first-order chi connectivity index (χ1) is 13.5. The van der Waals surface area contributed by atoms with Crippen LogP contribution in [0.25, 0.3) is 0 Å². The molecule has 0 aromatic heterocycles. The molecular weight excluding hydrogens is 352 g/mol. The van der Waals surface area contributed by atoms with E-state index in [0.717, 1.165) is 32.5 Å². The van der Waals surface area contributed by atoms with E-state index in [4.69, 9.17) is 4.74 Å². The zero-order valence-corrected chi connectivity index (χ0v) is 18.9. The average Bonchev–Trinajstić information content (AvgIpc) is 2.99. The molecule has 1 rings (SSSR count). The summed E-state index contributed by atoms with van der Waals surface area (Å²) in [6.45, 7) is 12.0. The monoisotopic (exact) mass is 396 g/mol. The molecule has 1 aliphatic heterocycles. The highest BCUT2D eigenvalue weighted by Crippen LogP contribution is 2.38. The third-order valence-electron chi connectivity index (χ3n) is 6.49. The van der Waals surface area contributed by atoms with Gasteiger partial charge in [-0.2, -0.15) is 0 Å². The average molecular weight is 397 g/mol. The van der Waals surface area contributed by atoms with Crippen LogP contribution in [-0.2, 0) is 9.53 Å². The number of hydrogen-bond acceptors (Lipinski definition) is 3. The molecule has 5 heteroatoms. The molecule has 164 valence electrons. The molecule has 0 N–H and O–H groups in total. The highest BCUT2D eigenvalue weighted by atomic mass is 16.5. The maximum Gasteiger partial charge on any atom is 0.327 e. The smallest absolute Gasteiger partial charge is 0.327 e. The van der Waals surface area contributed by atoms with Crippen LogP contribution < -0.4 is 0 Å². The number of ether oxygens (including phenoxy) is 1. The van der Waals surface area contributed by atoms with Gasteiger partial charge in [-0.1, -0.05) is 59.3 Å². The van der Waals surface area contributed by atoms with Gasteiger partial charge in [0.15, 0.2) is 0 Å². The number of carbonyl (C=O) groups is 2. The summed E-state index contributed by atoms with van der Waals surface area (Å²) in [5.74, 6) is -0.0389. The number of unbranched alkanes of at least 4 members (excludes halogenated alkanes) is 4. The summed E-state index contributed by atoms with van der Waals surface area (Å²) in [6.07, 6.45) is 12.9. The molecule has 0 saturated carbocycles. The quantitative estimate of drug-likeness (QED) is 0.237. The number of rotatable bonds is 17. The van der Waals surface area contributed by atoms with Crippen molar-refractivity contribution >= 4 is 11.9 Å². The topological polar surface area (TPSA) is 49.9 Å². The van der Waals surface area contributed by atoms with Gasteiger partial charge in [0.05, 0.1) is 0 Å². The van der Waals surface area contributed by atoms with E-state index in [0.29, 0.717) is 18.5 Å². The van der Waals surface area contributed by atoms with Crippen LogP contribution >= 0.6 is 0 Å². The van der Waals surface area contributed by atoms with E-state index in [1.807, 2.05) is 6.92 Å². The minimum Gasteiger partial charge on any atom is -0.381 e. The van der Waals surface area contributed by atoms with Crippen molar-refractivity contribution in [2.45, 2.75) is 98.3 Å². The summed E-state index contributed by atoms with van der Waals surface area (Å²) in [4.78, 5) is 27.2. The van der Waals surface area contributed by atoms with Gasteiger partial charge in [-0.15, -0.1) is 0 Å². The number of hydrogen-bond donors (Lipinski definition) is 0. The fraction of sp³-hybridized carbons (Fsp3) is 0.913. The molecule has 3 amide bonds. The van der Waals surface area contributed by atoms with E-state index >= 15 is 0 Å². The second-order valence-corrected chi connectivity index (χ2v) is 8.28. The molecule has 1 fully saturated rings. The maximum atomic E-state index is 12.2. The van der Waals surface area contributed by atoms with Crippen LogP contribution in [0.2, 0.25) is 0 Å². The van der Waals surface area contributed by atoms with Gasteiger partial charge in [-0.05, 0) is 44.4 Å². The molecule has 0 aromatic carbocycles. The van der Waals surface area contributed by atoms with Gasteiger partial charge < -0.3 is 9.64 Å². The Morgan fingerprint density at radius 1 is 0.857 bits per heavy atom. The lowest BCUT2D eigenvalue weighted by atomic mass is 9.74. The van der Waals surface area contributed by atoms with Crippen molar-refractivity contribution in [3.8, 4) is 0 Å². The van der Waals surface area contributed by atoms with Gasteiger partial charge in [0.2, 0.25) is 5.91 Å². The Kier molecular flexibility index (Phi) is 12.4. The van der Waals surface area contributed by atoms with Gasteiger partial charge in [-0.3, -0.25) is 9.69 Å². The van der Waals surface area contributed by atoms with Gasteiger partial charge in [0.1, 0.15) is 6.54 Å². The summed E-state index contributed by atoms with van der Waals surface area (Å²) < 4.78 is 5.74. The number of likely N-dealkylation sites (N-methyl/N-ethyl adjacent to an activating group) is 1. The Labute approximate surface area is 173 Å². The molecule has 28 heavy (non-hydrogen) atoms. The fourth-order valence-corrected chi connectivity index (χ4v) is 4.17. The molecule has 1 aliphatic rings. The summed E-state index contributed by atoms with van der Waals surface area (Å²) in [5, 5.41) is 0. The first-order valence-electron chi connectivity index (χ1n) is 11.7. The van der Waals surface area contributed by atoms with E-state index in [1.54, 1.807) is 4.90 Å². The zero-order chi connectivity index (χ0) is 20.8. The molecule has 0 atom stereocenters. The van der Waals surface area contributed by atoms with Crippen molar-refractivity contribution < 1.29 is 14.3 Å². The first kappa shape index (κ1) is 24.9. The fourth-order valence-electron chi connectivity index (χ4n) is 4.17. The third kappa shape index (κ3) is 8.10. The number of nitrogens with zero attached hydrogens (tertiary/aromatic N) is 2. The molecular formula is C23H44N2O3. The minimum atomic E-state index is -0.108. The summed E-state index contributed by atoms with van der Waals surface area (Å²) in [6, 6.07) is -0.108. The lowest BCUT2D eigenvalue weighted by Gasteiger charge is -2.32. The molecule has 0 bridgehead atoms. The summed E-state index contributed by atoms with van der Waals surface area (Å²) >= 11 is 0. The molecule has 0 aliphatic carbocycles. The Morgan fingerprint density at radius 3 is 2.00 bits per heavy atom. The van der Waals surface area contributed by atoms with Gasteiger partial charge >= 0.3 is 6.03 Å². The van der Waals surface area contributed by atoms with Crippen molar-refractivity contribution in [3.63, 3.8) is 0 Å². The van der Waals surface area contributed by atoms with Crippen molar-refractivity contribution in [3.05, 3.63) is 0 Å². The van der Waals surface area contributed by atoms with Crippen LogP contribution in [0.1, 0.15) is 98.3 Å². The summed E-state index contributed by atoms with van der Waals surface area (Å²) in [5.41, 5.74) is 0.399. The molecule has 0 spiro atoms. The number of carbonyl (C=O) groups excluding carboxylic acids is 2. The van der Waals surface area contributed by atoms with Crippen LogP contribution in [-0.4, -0.2) is 54.6 Å². The molecule has 0 unspecified atom stereocenters. The molecule has 0 radical (unpaired) electrons. The largest absolute Gasteiger partial charge is 0.381 e. The predicted molar refractivity (Wildman–Crippen MR) is 115 cm³/mol. The van der Waals surface area contributed by atoms with Crippen molar-refractivity contribution in [1.29, 1.82) is 0 Å². The van der Waals surface area contributed by atoms with Gasteiger partial charge in [-0.25, -0.2) is 4.79 Å². The number of amides is 3. The molecule has 1 saturated heterocycles. The third-order valence-corrected chi connectivity index (χ3v) is 6.49. The number of urea groups is 1. The van der Waals surface area contributed by atoms with E-state index in [9.17, 15) is 9.59 Å². The SMILES string of the molecule is CCCCCOCCCCC(CC)(CC)CCCCN1C(=O)CN(CC)C1=O. The lowest BCUT2D eigenvalue weighted by molar-refractivity contribution is -0.125. The number of imide groups is 1. The Balaban J connectivity index is 2.25. The van der Waals surface area contributed by atoms with Crippen LogP contribution in [0.4, 0.5) is 4.79 Å². The second-order valence-electron chi connectivity index (χ2n) is 8.28. The van der Waals surface area contributed by atoms with Crippen LogP contribution in [0.5, 0.6) is 0 Å². The van der Waals surface area contributed by atoms with E-state index in [2.05, 4.69) is 20.8 Å². The van der Waals surface area contributed by atoms with Crippen molar-refractivity contribution in [1.82, 2.24) is 9.80 Å². The normalized spacial score (nSPS) is 15.1. The van der Waals surface area contributed by atoms with Crippen molar-refractivity contribution in [2.24, 2.45) is 5.41 Å². The van der Waals surface area contributed by atoms with Crippen LogP contribution in [0, 0.1) is 5.41 Å². The highest BCUT2D eigenvalue weighted by Gasteiger charge is 2.34. The van der Waals surface area contributed by atoms with Gasteiger partial charge in [0.25, 0.3) is 0 Å². The molecule has 5 nitrogen and oxygen atoms in total. The van der Waals surface area contributed by atoms with Crippen molar-refractivity contribution in [2.75, 3.05) is 32.8 Å². The Morgan fingerprint density at radius 2 is 1.46 bits per heavy atom. The summed E-state index contributed by atoms with van der Waals surface area (Å²) in [7, 11) is 0.